The smallest absolute Gasteiger partial charge is 0.0574 e. The third kappa shape index (κ3) is 7.23. The lowest BCUT2D eigenvalue weighted by molar-refractivity contribution is 0.866. The summed E-state index contributed by atoms with van der Waals surface area (Å²) in [6.45, 7) is 13.5. The molecule has 0 N–H and O–H groups in total. The van der Waals surface area contributed by atoms with Crippen molar-refractivity contribution < 1.29 is 0 Å². The van der Waals surface area contributed by atoms with Crippen LogP contribution >= 0.6 is 0 Å². The zero-order valence-electron chi connectivity index (χ0n) is 24.0. The number of rotatable bonds is 9. The summed E-state index contributed by atoms with van der Waals surface area (Å²) in [4.78, 5) is 6.93. The molecule has 0 saturated carbocycles. The van der Waals surface area contributed by atoms with E-state index in [9.17, 15) is 0 Å². The van der Waals surface area contributed by atoms with Gasteiger partial charge < -0.3 is 4.90 Å². The molecule has 0 amide bonds. The van der Waals surface area contributed by atoms with Crippen molar-refractivity contribution in [3.05, 3.63) is 149 Å². The average Bonchev–Trinajstić information content (AvgIpc) is 2.96. The Bertz CT molecular complexity index is 1360. The molecule has 198 valence electrons. The molecule has 0 radical (unpaired) electrons. The van der Waals surface area contributed by atoms with Crippen molar-refractivity contribution in [2.45, 2.75) is 34.6 Å². The largest absolute Gasteiger partial charge is 0.372 e. The lowest BCUT2D eigenvalue weighted by Gasteiger charge is -2.21. The first-order chi connectivity index (χ1) is 19.0. The van der Waals surface area contributed by atoms with Gasteiger partial charge in [0.2, 0.25) is 0 Å². The van der Waals surface area contributed by atoms with E-state index in [-0.39, 0.29) is 0 Å². The summed E-state index contributed by atoms with van der Waals surface area (Å²) in [7, 11) is 0. The highest BCUT2D eigenvalue weighted by Crippen LogP contribution is 2.28. The van der Waals surface area contributed by atoms with Crippen LogP contribution in [0, 0.1) is 13.8 Å². The molecule has 2 heteroatoms. The zero-order valence-corrected chi connectivity index (χ0v) is 24.0. The summed E-state index contributed by atoms with van der Waals surface area (Å²) >= 11 is 0. The van der Waals surface area contributed by atoms with Gasteiger partial charge in [0.05, 0.1) is 5.71 Å². The van der Waals surface area contributed by atoms with E-state index in [2.05, 4.69) is 160 Å². The minimum absolute atomic E-state index is 0.786. The van der Waals surface area contributed by atoms with Crippen molar-refractivity contribution in [2.24, 2.45) is 4.99 Å². The molecule has 0 atom stereocenters. The van der Waals surface area contributed by atoms with Gasteiger partial charge in [-0.15, -0.1) is 0 Å². The Balaban J connectivity index is 1.77. The Kier molecular flexibility index (Phi) is 9.69. The van der Waals surface area contributed by atoms with Gasteiger partial charge in [-0.05, 0) is 92.3 Å². The topological polar surface area (TPSA) is 15.6 Å². The average molecular weight is 513 g/mol. The molecular formula is C37H40N2. The molecule has 0 heterocycles. The van der Waals surface area contributed by atoms with Crippen molar-refractivity contribution in [3.8, 4) is 0 Å². The molecule has 39 heavy (non-hydrogen) atoms. The summed E-state index contributed by atoms with van der Waals surface area (Å²) < 4.78 is 0. The fourth-order valence-electron chi connectivity index (χ4n) is 4.79. The molecule has 1 aliphatic rings. The quantitative estimate of drug-likeness (QED) is 0.261. The number of hydrogen-bond donors (Lipinski definition) is 0. The first-order valence-corrected chi connectivity index (χ1v) is 14.0. The molecule has 0 bridgehead atoms. The number of aryl methyl sites for hydroxylation is 2. The van der Waals surface area contributed by atoms with Gasteiger partial charge in [-0.25, -0.2) is 0 Å². The maximum absolute atomic E-state index is 4.55. The van der Waals surface area contributed by atoms with Crippen LogP contribution in [-0.4, -0.2) is 25.3 Å². The van der Waals surface area contributed by atoms with Crippen molar-refractivity contribution in [2.75, 3.05) is 24.5 Å². The number of hydrogen-bond acceptors (Lipinski definition) is 2. The molecule has 0 spiro atoms. The van der Waals surface area contributed by atoms with Crippen LogP contribution in [0.25, 0.3) is 11.1 Å². The summed E-state index contributed by atoms with van der Waals surface area (Å²) in [6.07, 6.45) is 15.2. The Labute approximate surface area is 235 Å². The van der Waals surface area contributed by atoms with E-state index in [0.29, 0.717) is 0 Å². The Morgan fingerprint density at radius 3 is 1.67 bits per heavy atom. The first-order valence-electron chi connectivity index (χ1n) is 14.0. The van der Waals surface area contributed by atoms with Crippen molar-refractivity contribution in [3.63, 3.8) is 0 Å². The highest BCUT2D eigenvalue weighted by Gasteiger charge is 2.09. The second-order valence-corrected chi connectivity index (χ2v) is 9.83. The van der Waals surface area contributed by atoms with E-state index in [0.717, 1.165) is 25.3 Å². The third-order valence-electron chi connectivity index (χ3n) is 7.08. The van der Waals surface area contributed by atoms with Gasteiger partial charge >= 0.3 is 0 Å². The molecular weight excluding hydrogens is 472 g/mol. The van der Waals surface area contributed by atoms with Crippen LogP contribution in [-0.2, 0) is 0 Å². The third-order valence-corrected chi connectivity index (χ3v) is 7.08. The molecule has 2 nitrogen and oxygen atoms in total. The van der Waals surface area contributed by atoms with Crippen LogP contribution in [0.5, 0.6) is 0 Å². The lowest BCUT2D eigenvalue weighted by atomic mass is 9.94. The van der Waals surface area contributed by atoms with E-state index >= 15 is 0 Å². The Morgan fingerprint density at radius 1 is 0.667 bits per heavy atom. The molecule has 0 aliphatic heterocycles. The van der Waals surface area contributed by atoms with E-state index in [1.165, 1.54) is 50.2 Å². The van der Waals surface area contributed by atoms with E-state index in [1.807, 2.05) is 0 Å². The molecule has 3 aromatic rings. The minimum atomic E-state index is 0.786. The van der Waals surface area contributed by atoms with Crippen LogP contribution in [0.1, 0.15) is 48.6 Å². The minimum Gasteiger partial charge on any atom is -0.372 e. The molecule has 1 aliphatic carbocycles. The standard InChI is InChI=1S/C37H40N2/c1-6-38-34-24-20-32(21-25-34)37(33-22-26-35(27-23-33)39(7-2)8-3)11-9-10-36(30-16-12-28(4)13-17-30)31-18-14-29(5)15-19-31/h9-27H,6-8H2,1-5H3/b11-9-,37-32?,38-34?. The molecule has 0 saturated heterocycles. The summed E-state index contributed by atoms with van der Waals surface area (Å²) in [5.41, 5.74) is 12.0. The summed E-state index contributed by atoms with van der Waals surface area (Å²) in [5, 5.41) is 0. The van der Waals surface area contributed by atoms with Gasteiger partial charge in [0.15, 0.2) is 0 Å². The van der Waals surface area contributed by atoms with E-state index in [4.69, 9.17) is 0 Å². The molecule has 0 aromatic heterocycles. The monoisotopic (exact) mass is 512 g/mol. The predicted molar refractivity (Wildman–Crippen MR) is 172 cm³/mol. The van der Waals surface area contributed by atoms with Crippen LogP contribution in [0.4, 0.5) is 5.69 Å². The maximum atomic E-state index is 4.55. The number of anilines is 1. The Morgan fingerprint density at radius 2 is 1.18 bits per heavy atom. The number of nitrogens with zero attached hydrogens (tertiary/aromatic N) is 2. The fourth-order valence-corrected chi connectivity index (χ4v) is 4.79. The van der Waals surface area contributed by atoms with Crippen molar-refractivity contribution >= 4 is 22.5 Å². The summed E-state index contributed by atoms with van der Waals surface area (Å²) in [6, 6.07) is 26.5. The summed E-state index contributed by atoms with van der Waals surface area (Å²) in [5.74, 6) is 0. The molecule has 3 aromatic carbocycles. The van der Waals surface area contributed by atoms with Gasteiger partial charge in [0.1, 0.15) is 0 Å². The van der Waals surface area contributed by atoms with Crippen LogP contribution in [0.2, 0.25) is 0 Å². The first kappa shape index (κ1) is 27.9. The Hall–Kier alpha value is -4.17. The fraction of sp³-hybridized carbons (Fsp3) is 0.216. The highest BCUT2D eigenvalue weighted by molar-refractivity contribution is 6.07. The van der Waals surface area contributed by atoms with E-state index < -0.39 is 0 Å². The van der Waals surface area contributed by atoms with E-state index in [1.54, 1.807) is 0 Å². The zero-order chi connectivity index (χ0) is 27.6. The lowest BCUT2D eigenvalue weighted by Crippen LogP contribution is -2.21. The molecule has 4 rings (SSSR count). The normalized spacial score (nSPS) is 12.6. The van der Waals surface area contributed by atoms with Crippen LogP contribution in [0.15, 0.2) is 126 Å². The van der Waals surface area contributed by atoms with Crippen molar-refractivity contribution in [1.29, 1.82) is 0 Å². The number of allylic oxidation sites excluding steroid dienone is 9. The second kappa shape index (κ2) is 13.6. The SMILES string of the molecule is CCN=C1C=CC(=C(/C=C\C=C(c2ccc(C)cc2)c2ccc(C)cc2)c2ccc(N(CC)CC)cc2)C=C1. The van der Waals surface area contributed by atoms with Gasteiger partial charge in [0, 0.05) is 25.3 Å². The number of aliphatic imine (C=N–C) groups is 1. The molecule has 0 unspecified atom stereocenters. The van der Waals surface area contributed by atoms with Crippen LogP contribution < -0.4 is 4.90 Å². The van der Waals surface area contributed by atoms with Crippen molar-refractivity contribution in [1.82, 2.24) is 0 Å². The second-order valence-electron chi connectivity index (χ2n) is 9.83. The highest BCUT2D eigenvalue weighted by atomic mass is 15.1. The van der Waals surface area contributed by atoms with Gasteiger partial charge in [-0.3, -0.25) is 4.99 Å². The van der Waals surface area contributed by atoms with Gasteiger partial charge in [-0.2, -0.15) is 0 Å². The van der Waals surface area contributed by atoms with Gasteiger partial charge in [-0.1, -0.05) is 102 Å². The van der Waals surface area contributed by atoms with Gasteiger partial charge in [0.25, 0.3) is 0 Å². The maximum Gasteiger partial charge on any atom is 0.0574 e. The number of benzene rings is 3. The van der Waals surface area contributed by atoms with Crippen LogP contribution in [0.3, 0.4) is 0 Å². The predicted octanol–water partition coefficient (Wildman–Crippen LogP) is 9.18. The molecule has 0 fully saturated rings.